The number of hydrogen-bond donors (Lipinski definition) is 2. The second kappa shape index (κ2) is 8.08. The van der Waals surface area contributed by atoms with Crippen LogP contribution in [0, 0.1) is 5.92 Å². The highest BCUT2D eigenvalue weighted by molar-refractivity contribution is 7.99. The Morgan fingerprint density at radius 1 is 1.33 bits per heavy atom. The van der Waals surface area contributed by atoms with E-state index >= 15 is 0 Å². The van der Waals surface area contributed by atoms with E-state index in [-0.39, 0.29) is 5.91 Å². The number of halogens is 1. The van der Waals surface area contributed by atoms with Gasteiger partial charge >= 0.3 is 0 Å². The van der Waals surface area contributed by atoms with Gasteiger partial charge in [0.2, 0.25) is 5.91 Å². The minimum atomic E-state index is 0.0863. The van der Waals surface area contributed by atoms with Crippen LogP contribution in [0.5, 0.6) is 0 Å². The van der Waals surface area contributed by atoms with Gasteiger partial charge in [0.15, 0.2) is 5.16 Å². The van der Waals surface area contributed by atoms with E-state index < -0.39 is 0 Å². The highest BCUT2D eigenvalue weighted by Crippen LogP contribution is 2.25. The van der Waals surface area contributed by atoms with Gasteiger partial charge < -0.3 is 10.3 Å². The molecule has 1 aliphatic rings. The van der Waals surface area contributed by atoms with Crippen molar-refractivity contribution < 1.29 is 4.79 Å². The van der Waals surface area contributed by atoms with Crippen molar-refractivity contribution in [2.24, 2.45) is 5.92 Å². The molecule has 2 aromatic rings. The average Bonchev–Trinajstić information content (AvgIpc) is 3.05. The number of hydrogen-bond acceptors (Lipinski definition) is 3. The summed E-state index contributed by atoms with van der Waals surface area (Å²) in [5.74, 6) is 1.05. The molecule has 1 aromatic heterocycles. The molecule has 1 fully saturated rings. The summed E-state index contributed by atoms with van der Waals surface area (Å²) < 4.78 is 0. The van der Waals surface area contributed by atoms with Gasteiger partial charge in [0.25, 0.3) is 0 Å². The normalized spacial score (nSPS) is 20.8. The first kappa shape index (κ1) is 17.4. The fraction of sp³-hybridized carbons (Fsp3) is 0.444. The van der Waals surface area contributed by atoms with Gasteiger partial charge in [-0.3, -0.25) is 4.79 Å². The Bertz CT molecular complexity index is 686. The van der Waals surface area contributed by atoms with Crippen LogP contribution in [0.25, 0.3) is 11.3 Å². The summed E-state index contributed by atoms with van der Waals surface area (Å²) in [5, 5.41) is 4.63. The number of thioether (sulfide) groups is 1. The monoisotopic (exact) mass is 363 g/mol. The van der Waals surface area contributed by atoms with Gasteiger partial charge in [0, 0.05) is 11.1 Å². The molecule has 1 saturated carbocycles. The minimum Gasteiger partial charge on any atom is -0.352 e. The minimum absolute atomic E-state index is 0.0863. The number of carbonyl (C=O) groups is 1. The van der Waals surface area contributed by atoms with Crippen LogP contribution >= 0.6 is 23.4 Å². The average molecular weight is 364 g/mol. The molecule has 1 heterocycles. The predicted molar refractivity (Wildman–Crippen MR) is 99.3 cm³/mol. The van der Waals surface area contributed by atoms with Crippen molar-refractivity contribution in [3.05, 3.63) is 35.5 Å². The van der Waals surface area contributed by atoms with Crippen LogP contribution in [-0.4, -0.2) is 27.7 Å². The first-order valence-corrected chi connectivity index (χ1v) is 9.71. The molecule has 1 aromatic carbocycles. The van der Waals surface area contributed by atoms with Gasteiger partial charge in [-0.25, -0.2) is 4.98 Å². The van der Waals surface area contributed by atoms with Crippen molar-refractivity contribution in [1.29, 1.82) is 0 Å². The third kappa shape index (κ3) is 4.54. The highest BCUT2D eigenvalue weighted by atomic mass is 35.5. The SMILES string of the molecule is C[C@H]1CCCC[C@@H]1NC(=O)CSc1ncc(-c2ccc(Cl)cc2)[nH]1. The lowest BCUT2D eigenvalue weighted by molar-refractivity contribution is -0.119. The first-order valence-electron chi connectivity index (χ1n) is 8.35. The van der Waals surface area contributed by atoms with Gasteiger partial charge in [0.05, 0.1) is 17.6 Å². The number of imidazole rings is 1. The standard InChI is InChI=1S/C18H22ClN3OS/c1-12-4-2-3-5-15(12)21-17(23)11-24-18-20-10-16(22-18)13-6-8-14(19)9-7-13/h6-10,12,15H,2-5,11H2,1H3,(H,20,22)(H,21,23)/t12-,15-/m0/s1. The Hall–Kier alpha value is -1.46. The number of carbonyl (C=O) groups excluding carboxylic acids is 1. The van der Waals surface area contributed by atoms with E-state index in [0.717, 1.165) is 22.8 Å². The molecule has 0 bridgehead atoms. The Kier molecular flexibility index (Phi) is 5.85. The smallest absolute Gasteiger partial charge is 0.230 e. The summed E-state index contributed by atoms with van der Waals surface area (Å²) in [4.78, 5) is 19.7. The molecule has 128 valence electrons. The number of H-pyrrole nitrogens is 1. The third-order valence-electron chi connectivity index (χ3n) is 4.51. The molecule has 4 nitrogen and oxygen atoms in total. The van der Waals surface area contributed by atoms with Crippen molar-refractivity contribution >= 4 is 29.3 Å². The number of amides is 1. The quantitative estimate of drug-likeness (QED) is 0.768. The maximum atomic E-state index is 12.2. The molecule has 2 atom stereocenters. The topological polar surface area (TPSA) is 57.8 Å². The lowest BCUT2D eigenvalue weighted by Gasteiger charge is -2.29. The van der Waals surface area contributed by atoms with Crippen LogP contribution in [0.1, 0.15) is 32.6 Å². The lowest BCUT2D eigenvalue weighted by Crippen LogP contribution is -2.41. The Morgan fingerprint density at radius 3 is 2.83 bits per heavy atom. The van der Waals surface area contributed by atoms with Crippen LogP contribution in [0.3, 0.4) is 0 Å². The highest BCUT2D eigenvalue weighted by Gasteiger charge is 2.22. The van der Waals surface area contributed by atoms with Crippen LogP contribution < -0.4 is 5.32 Å². The van der Waals surface area contributed by atoms with Gasteiger partial charge in [-0.2, -0.15) is 0 Å². The number of aromatic nitrogens is 2. The number of nitrogens with one attached hydrogen (secondary N) is 2. The molecule has 2 N–H and O–H groups in total. The molecule has 0 spiro atoms. The number of aromatic amines is 1. The Balaban J connectivity index is 1.51. The van der Waals surface area contributed by atoms with Gasteiger partial charge in [-0.05, 0) is 36.5 Å². The first-order chi connectivity index (χ1) is 11.6. The van der Waals surface area contributed by atoms with Crippen LogP contribution in [0.4, 0.5) is 0 Å². The molecule has 0 aliphatic heterocycles. The van der Waals surface area contributed by atoms with Crippen molar-refractivity contribution in [3.63, 3.8) is 0 Å². The van der Waals surface area contributed by atoms with Crippen molar-refractivity contribution in [2.75, 3.05) is 5.75 Å². The van der Waals surface area contributed by atoms with Gasteiger partial charge in [-0.15, -0.1) is 0 Å². The molecule has 1 aliphatic carbocycles. The third-order valence-corrected chi connectivity index (χ3v) is 5.64. The van der Waals surface area contributed by atoms with E-state index in [2.05, 4.69) is 22.2 Å². The maximum Gasteiger partial charge on any atom is 0.230 e. The molecule has 1 amide bonds. The van der Waals surface area contributed by atoms with E-state index in [4.69, 9.17) is 11.6 Å². The zero-order chi connectivity index (χ0) is 16.9. The zero-order valence-corrected chi connectivity index (χ0v) is 15.3. The summed E-state index contributed by atoms with van der Waals surface area (Å²) in [6.45, 7) is 2.22. The fourth-order valence-corrected chi connectivity index (χ4v) is 3.85. The second-order valence-corrected chi connectivity index (χ2v) is 7.73. The number of nitrogens with zero attached hydrogens (tertiary/aromatic N) is 1. The van der Waals surface area contributed by atoms with E-state index in [1.807, 2.05) is 24.3 Å². The fourth-order valence-electron chi connectivity index (χ4n) is 3.07. The largest absolute Gasteiger partial charge is 0.352 e. The zero-order valence-electron chi connectivity index (χ0n) is 13.7. The predicted octanol–water partition coefficient (Wildman–Crippen LogP) is 4.52. The summed E-state index contributed by atoms with van der Waals surface area (Å²) in [6, 6.07) is 7.92. The van der Waals surface area contributed by atoms with E-state index in [9.17, 15) is 4.79 Å². The Morgan fingerprint density at radius 2 is 2.08 bits per heavy atom. The van der Waals surface area contributed by atoms with E-state index in [1.54, 1.807) is 6.20 Å². The molecule has 0 saturated heterocycles. The molecule has 3 rings (SSSR count). The summed E-state index contributed by atoms with van der Waals surface area (Å²) in [6.07, 6.45) is 6.58. The van der Waals surface area contributed by atoms with E-state index in [0.29, 0.717) is 22.7 Å². The lowest BCUT2D eigenvalue weighted by atomic mass is 9.86. The molecular formula is C18H22ClN3OS. The van der Waals surface area contributed by atoms with Crippen molar-refractivity contribution in [1.82, 2.24) is 15.3 Å². The molecule has 24 heavy (non-hydrogen) atoms. The summed E-state index contributed by atoms with van der Waals surface area (Å²) in [7, 11) is 0. The van der Waals surface area contributed by atoms with Crippen molar-refractivity contribution in [2.45, 2.75) is 43.8 Å². The molecule has 6 heteroatoms. The molecule has 0 radical (unpaired) electrons. The molecular weight excluding hydrogens is 342 g/mol. The van der Waals surface area contributed by atoms with Crippen LogP contribution in [0.15, 0.2) is 35.6 Å². The second-order valence-electron chi connectivity index (χ2n) is 6.33. The molecule has 0 unspecified atom stereocenters. The summed E-state index contributed by atoms with van der Waals surface area (Å²) >= 11 is 7.34. The van der Waals surface area contributed by atoms with E-state index in [1.165, 1.54) is 31.0 Å². The summed E-state index contributed by atoms with van der Waals surface area (Å²) in [5.41, 5.74) is 1.95. The number of benzene rings is 1. The Labute approximate surface area is 151 Å². The van der Waals surface area contributed by atoms with Gasteiger partial charge in [0.1, 0.15) is 0 Å². The van der Waals surface area contributed by atoms with Crippen LogP contribution in [0.2, 0.25) is 5.02 Å². The number of rotatable bonds is 5. The van der Waals surface area contributed by atoms with Gasteiger partial charge in [-0.1, -0.05) is 55.3 Å². The van der Waals surface area contributed by atoms with Crippen LogP contribution in [-0.2, 0) is 4.79 Å². The maximum absolute atomic E-state index is 12.2. The van der Waals surface area contributed by atoms with Crippen molar-refractivity contribution in [3.8, 4) is 11.3 Å².